The van der Waals surface area contributed by atoms with Gasteiger partial charge in [0.25, 0.3) is 0 Å². The number of sulfone groups is 1. The van der Waals surface area contributed by atoms with Crippen LogP contribution in [0.15, 0.2) is 41.6 Å². The van der Waals surface area contributed by atoms with E-state index in [0.717, 1.165) is 21.9 Å². The molecule has 192 valence electrons. The molecule has 0 saturated carbocycles. The van der Waals surface area contributed by atoms with Crippen LogP contribution in [0.5, 0.6) is 5.75 Å². The number of aryl methyl sites for hydroxylation is 1. The Morgan fingerprint density at radius 3 is 2.86 bits per heavy atom. The number of aromatic amines is 1. The van der Waals surface area contributed by atoms with Gasteiger partial charge in [-0.25, -0.2) is 8.42 Å². The standard InChI is InChI=1S/C26H27N5O5S/c1-4-35-26(32)21-10-18(12-29-21)36-25-16(11-27)5-6-17-13-31(30-24(17)25)14-20-19-7-8-28-23(19)15(2)9-22(20)37(3,33)34/h5-9,13,18,21,28-29H,4,10,12,14H2,1-3H3/t18-,21+/m1/s1. The Morgan fingerprint density at radius 2 is 2.14 bits per heavy atom. The average molecular weight is 522 g/mol. The van der Waals surface area contributed by atoms with Crippen LogP contribution in [-0.4, -0.2) is 60.7 Å². The van der Waals surface area contributed by atoms with Crippen LogP contribution < -0.4 is 10.1 Å². The van der Waals surface area contributed by atoms with Crippen molar-refractivity contribution in [1.82, 2.24) is 20.1 Å². The maximum absolute atomic E-state index is 12.6. The molecule has 2 atom stereocenters. The molecule has 11 heteroatoms. The molecule has 37 heavy (non-hydrogen) atoms. The molecule has 2 aromatic heterocycles. The van der Waals surface area contributed by atoms with Crippen molar-refractivity contribution in [1.29, 1.82) is 5.26 Å². The van der Waals surface area contributed by atoms with Gasteiger partial charge in [-0.3, -0.25) is 9.48 Å². The Bertz CT molecular complexity index is 1660. The van der Waals surface area contributed by atoms with Crippen molar-refractivity contribution in [2.45, 2.75) is 43.9 Å². The van der Waals surface area contributed by atoms with Crippen LogP contribution in [0.3, 0.4) is 0 Å². The molecule has 0 aliphatic carbocycles. The highest BCUT2D eigenvalue weighted by Crippen LogP contribution is 2.33. The van der Waals surface area contributed by atoms with Gasteiger partial charge in [-0.05, 0) is 43.7 Å². The van der Waals surface area contributed by atoms with Crippen molar-refractivity contribution in [3.05, 3.63) is 53.3 Å². The first-order valence-electron chi connectivity index (χ1n) is 12.0. The van der Waals surface area contributed by atoms with Crippen LogP contribution in [0.2, 0.25) is 0 Å². The Balaban J connectivity index is 1.51. The Morgan fingerprint density at radius 1 is 1.32 bits per heavy atom. The summed E-state index contributed by atoms with van der Waals surface area (Å²) in [6.07, 6.45) is 4.87. The number of carbonyl (C=O) groups is 1. The fourth-order valence-corrected chi connectivity index (χ4v) is 5.89. The lowest BCUT2D eigenvalue weighted by Crippen LogP contribution is -2.32. The van der Waals surface area contributed by atoms with Crippen molar-refractivity contribution in [2.75, 3.05) is 19.4 Å². The number of nitriles is 1. The van der Waals surface area contributed by atoms with Crippen molar-refractivity contribution in [3.8, 4) is 11.8 Å². The molecule has 1 aliphatic heterocycles. The predicted molar refractivity (Wildman–Crippen MR) is 137 cm³/mol. The lowest BCUT2D eigenvalue weighted by Gasteiger charge is -2.14. The molecule has 0 amide bonds. The molecular formula is C26H27N5O5S. The summed E-state index contributed by atoms with van der Waals surface area (Å²) in [5.41, 5.74) is 3.18. The van der Waals surface area contributed by atoms with Crippen LogP contribution in [0.1, 0.15) is 30.0 Å². The van der Waals surface area contributed by atoms with E-state index in [9.17, 15) is 18.5 Å². The van der Waals surface area contributed by atoms with Crippen LogP contribution in [0, 0.1) is 18.3 Å². The summed E-state index contributed by atoms with van der Waals surface area (Å²) < 4.78 is 38.3. The third-order valence-corrected chi connectivity index (χ3v) is 7.74. The van der Waals surface area contributed by atoms with E-state index in [1.165, 1.54) is 6.26 Å². The lowest BCUT2D eigenvalue weighted by molar-refractivity contribution is -0.145. The second kappa shape index (κ2) is 9.53. The van der Waals surface area contributed by atoms with E-state index >= 15 is 0 Å². The average Bonchev–Trinajstić information content (AvgIpc) is 3.60. The molecule has 0 radical (unpaired) electrons. The van der Waals surface area contributed by atoms with Crippen LogP contribution in [0.25, 0.3) is 21.8 Å². The summed E-state index contributed by atoms with van der Waals surface area (Å²) in [7, 11) is -3.49. The zero-order valence-corrected chi connectivity index (χ0v) is 21.6. The Labute approximate surface area is 214 Å². The van der Waals surface area contributed by atoms with E-state index in [-0.39, 0.29) is 23.5 Å². The van der Waals surface area contributed by atoms with E-state index in [1.54, 1.807) is 36.0 Å². The first-order valence-corrected chi connectivity index (χ1v) is 13.8. The van der Waals surface area contributed by atoms with Gasteiger partial charge in [0, 0.05) is 53.5 Å². The van der Waals surface area contributed by atoms with Gasteiger partial charge in [0.15, 0.2) is 15.6 Å². The van der Waals surface area contributed by atoms with Crippen molar-refractivity contribution in [2.24, 2.45) is 0 Å². The summed E-state index contributed by atoms with van der Waals surface area (Å²) in [6.45, 7) is 4.57. The maximum Gasteiger partial charge on any atom is 0.323 e. The summed E-state index contributed by atoms with van der Waals surface area (Å²) in [6, 6.07) is 8.71. The van der Waals surface area contributed by atoms with Gasteiger partial charge in [-0.15, -0.1) is 0 Å². The summed E-state index contributed by atoms with van der Waals surface area (Å²) in [4.78, 5) is 15.5. The number of hydrogen-bond acceptors (Lipinski definition) is 8. The number of hydrogen-bond donors (Lipinski definition) is 2. The Hall–Kier alpha value is -3.88. The smallest absolute Gasteiger partial charge is 0.323 e. The number of fused-ring (bicyclic) bond motifs is 2. The van der Waals surface area contributed by atoms with E-state index in [1.807, 2.05) is 19.2 Å². The summed E-state index contributed by atoms with van der Waals surface area (Å²) in [5.74, 6) is 0.0153. The SMILES string of the molecule is CCOC(=O)[C@@H]1C[C@@H](Oc2c(C#N)ccc3cn(Cc4c(S(C)(=O)=O)cc(C)c5[nH]ccc45)nc23)CN1. The minimum atomic E-state index is -3.49. The molecule has 1 fully saturated rings. The van der Waals surface area contributed by atoms with Gasteiger partial charge in [0.2, 0.25) is 0 Å². The zero-order valence-electron chi connectivity index (χ0n) is 20.7. The number of rotatable bonds is 7. The lowest BCUT2D eigenvalue weighted by atomic mass is 10.1. The topological polar surface area (TPSA) is 139 Å². The van der Waals surface area contributed by atoms with E-state index in [4.69, 9.17) is 14.6 Å². The van der Waals surface area contributed by atoms with Crippen molar-refractivity contribution < 1.29 is 22.7 Å². The molecule has 1 saturated heterocycles. The molecule has 5 rings (SSSR count). The third kappa shape index (κ3) is 4.65. The van der Waals surface area contributed by atoms with Gasteiger partial charge in [0.05, 0.1) is 23.6 Å². The van der Waals surface area contributed by atoms with E-state index in [0.29, 0.717) is 42.0 Å². The van der Waals surface area contributed by atoms with Gasteiger partial charge >= 0.3 is 5.97 Å². The number of esters is 1. The van der Waals surface area contributed by atoms with Crippen LogP contribution in [0.4, 0.5) is 0 Å². The third-order valence-electron chi connectivity index (χ3n) is 6.58. The molecule has 0 unspecified atom stereocenters. The minimum absolute atomic E-state index is 0.211. The van der Waals surface area contributed by atoms with E-state index < -0.39 is 15.9 Å². The molecule has 0 spiro atoms. The Kier molecular flexibility index (Phi) is 6.39. The molecular weight excluding hydrogens is 494 g/mol. The maximum atomic E-state index is 12.6. The molecule has 2 N–H and O–H groups in total. The first kappa shape index (κ1) is 24.8. The molecule has 1 aliphatic rings. The van der Waals surface area contributed by atoms with Crippen LogP contribution in [-0.2, 0) is 25.9 Å². The number of H-pyrrole nitrogens is 1. The van der Waals surface area contributed by atoms with Gasteiger partial charge in [0.1, 0.15) is 23.7 Å². The zero-order chi connectivity index (χ0) is 26.3. The highest BCUT2D eigenvalue weighted by Gasteiger charge is 2.32. The minimum Gasteiger partial charge on any atom is -0.485 e. The molecule has 2 aromatic carbocycles. The summed E-state index contributed by atoms with van der Waals surface area (Å²) in [5, 5.41) is 19.1. The molecule has 0 bridgehead atoms. The number of ether oxygens (including phenoxy) is 2. The van der Waals surface area contributed by atoms with Gasteiger partial charge in [-0.2, -0.15) is 10.4 Å². The fraction of sp³-hybridized carbons (Fsp3) is 0.346. The number of benzene rings is 2. The number of carbonyl (C=O) groups excluding carboxylic acids is 1. The van der Waals surface area contributed by atoms with Gasteiger partial charge in [-0.1, -0.05) is 0 Å². The second-order valence-electron chi connectivity index (χ2n) is 9.22. The normalized spacial score (nSPS) is 17.8. The van der Waals surface area contributed by atoms with E-state index in [2.05, 4.69) is 16.4 Å². The van der Waals surface area contributed by atoms with Gasteiger partial charge < -0.3 is 19.8 Å². The number of nitrogens with zero attached hydrogens (tertiary/aromatic N) is 3. The van der Waals surface area contributed by atoms with Crippen molar-refractivity contribution in [3.63, 3.8) is 0 Å². The number of aromatic nitrogens is 3. The number of nitrogens with one attached hydrogen (secondary N) is 2. The second-order valence-corrected chi connectivity index (χ2v) is 11.2. The fourth-order valence-electron chi connectivity index (χ4n) is 4.87. The highest BCUT2D eigenvalue weighted by molar-refractivity contribution is 7.90. The monoisotopic (exact) mass is 521 g/mol. The molecule has 4 aromatic rings. The molecule has 10 nitrogen and oxygen atoms in total. The van der Waals surface area contributed by atoms with Crippen molar-refractivity contribution >= 4 is 37.6 Å². The first-order chi connectivity index (χ1) is 17.7. The molecule has 3 heterocycles. The highest BCUT2D eigenvalue weighted by atomic mass is 32.2. The largest absolute Gasteiger partial charge is 0.485 e. The summed E-state index contributed by atoms with van der Waals surface area (Å²) >= 11 is 0. The predicted octanol–water partition coefficient (Wildman–Crippen LogP) is 2.82. The quantitative estimate of drug-likeness (QED) is 0.354. The van der Waals surface area contributed by atoms with Crippen LogP contribution >= 0.6 is 0 Å².